The molecule has 0 saturated carbocycles. The molecule has 0 radical (unpaired) electrons. The number of pyridine rings is 1. The van der Waals surface area contributed by atoms with Crippen LogP contribution in [-0.2, 0) is 21.3 Å². The lowest BCUT2D eigenvalue weighted by molar-refractivity contribution is -0.0891. The van der Waals surface area contributed by atoms with Crippen molar-refractivity contribution >= 4 is 21.6 Å². The number of aliphatic hydroxyl groups excluding tert-OH is 1. The van der Waals surface area contributed by atoms with Crippen molar-refractivity contribution in [2.45, 2.75) is 49.0 Å². The fraction of sp³-hybridized carbons (Fsp3) is 0.381. The second kappa shape index (κ2) is 10.1. The van der Waals surface area contributed by atoms with E-state index < -0.39 is 22.2 Å². The van der Waals surface area contributed by atoms with Gasteiger partial charge in [-0.05, 0) is 49.6 Å². The lowest BCUT2D eigenvalue weighted by Crippen LogP contribution is -2.50. The molecular formula is C21H24ClN5O4S. The van der Waals surface area contributed by atoms with E-state index >= 15 is 0 Å². The van der Waals surface area contributed by atoms with Gasteiger partial charge in [-0.15, -0.1) is 5.10 Å². The molecule has 0 aliphatic carbocycles. The minimum atomic E-state index is -3.78. The van der Waals surface area contributed by atoms with Gasteiger partial charge < -0.3 is 9.84 Å². The number of hydrogen-bond donors (Lipinski definition) is 2. The summed E-state index contributed by atoms with van der Waals surface area (Å²) in [6.45, 7) is 0.300. The predicted octanol–water partition coefficient (Wildman–Crippen LogP) is 2.27. The van der Waals surface area contributed by atoms with Crippen molar-refractivity contribution in [1.29, 1.82) is 0 Å². The molecule has 3 heterocycles. The van der Waals surface area contributed by atoms with Gasteiger partial charge in [0.15, 0.2) is 0 Å². The van der Waals surface area contributed by atoms with Crippen LogP contribution in [0.25, 0.3) is 11.4 Å². The first kappa shape index (κ1) is 22.8. The summed E-state index contributed by atoms with van der Waals surface area (Å²) in [4.78, 5) is 4.35. The Morgan fingerprint density at radius 3 is 2.81 bits per heavy atom. The number of benzene rings is 1. The van der Waals surface area contributed by atoms with E-state index in [4.69, 9.17) is 16.3 Å². The maximum atomic E-state index is 12.7. The average molecular weight is 478 g/mol. The van der Waals surface area contributed by atoms with E-state index in [0.29, 0.717) is 36.5 Å². The molecule has 0 amide bonds. The van der Waals surface area contributed by atoms with Crippen LogP contribution in [0.2, 0.25) is 5.02 Å². The van der Waals surface area contributed by atoms with Crippen LogP contribution in [0.5, 0.6) is 0 Å². The van der Waals surface area contributed by atoms with Crippen molar-refractivity contribution in [2.24, 2.45) is 0 Å². The molecule has 3 atom stereocenters. The van der Waals surface area contributed by atoms with E-state index in [2.05, 4.69) is 20.0 Å². The molecule has 0 unspecified atom stereocenters. The van der Waals surface area contributed by atoms with E-state index in [-0.39, 0.29) is 17.6 Å². The van der Waals surface area contributed by atoms with Crippen molar-refractivity contribution in [1.82, 2.24) is 24.7 Å². The molecule has 1 aliphatic heterocycles. The highest BCUT2D eigenvalue weighted by atomic mass is 35.5. The normalized spacial score (nSPS) is 21.5. The number of nitrogens with zero attached hydrogens (tertiary/aromatic N) is 4. The van der Waals surface area contributed by atoms with Gasteiger partial charge in [-0.3, -0.25) is 9.67 Å². The molecule has 1 saturated heterocycles. The van der Waals surface area contributed by atoms with Crippen molar-refractivity contribution in [3.8, 4) is 11.4 Å². The molecular weight excluding hydrogens is 454 g/mol. The molecule has 1 aromatic carbocycles. The van der Waals surface area contributed by atoms with Gasteiger partial charge in [-0.25, -0.2) is 13.1 Å². The van der Waals surface area contributed by atoms with E-state index in [9.17, 15) is 13.5 Å². The van der Waals surface area contributed by atoms with Gasteiger partial charge in [0, 0.05) is 17.8 Å². The minimum Gasteiger partial charge on any atom is -0.394 e. The molecule has 170 valence electrons. The first-order chi connectivity index (χ1) is 15.4. The second-order valence-corrected chi connectivity index (χ2v) is 9.76. The Bertz CT molecular complexity index is 1140. The summed E-state index contributed by atoms with van der Waals surface area (Å²) in [5, 5.41) is 18.4. The SMILES string of the molecule is O=S(=O)(N[C@@H]1CC[C@H](CCn2cc(-c3ccccn3)nn2)O[C@H]1CO)c1cccc(Cl)c1. The van der Waals surface area contributed by atoms with Crippen LogP contribution in [0.3, 0.4) is 0 Å². The van der Waals surface area contributed by atoms with Crippen LogP contribution in [0, 0.1) is 0 Å². The zero-order chi connectivity index (χ0) is 22.6. The molecule has 0 bridgehead atoms. The summed E-state index contributed by atoms with van der Waals surface area (Å²) in [7, 11) is -3.78. The highest BCUT2D eigenvalue weighted by molar-refractivity contribution is 7.89. The second-order valence-electron chi connectivity index (χ2n) is 7.61. The first-order valence-electron chi connectivity index (χ1n) is 10.3. The number of nitrogens with one attached hydrogen (secondary N) is 1. The number of ether oxygens (including phenoxy) is 1. The Labute approximate surface area is 191 Å². The van der Waals surface area contributed by atoms with Gasteiger partial charge in [0.2, 0.25) is 10.0 Å². The van der Waals surface area contributed by atoms with Crippen molar-refractivity contribution in [3.63, 3.8) is 0 Å². The Hall–Kier alpha value is -2.37. The van der Waals surface area contributed by atoms with E-state index in [0.717, 1.165) is 5.69 Å². The lowest BCUT2D eigenvalue weighted by atomic mass is 9.98. The number of aliphatic hydroxyl groups is 1. The molecule has 2 aromatic heterocycles. The number of aryl methyl sites for hydroxylation is 1. The highest BCUT2D eigenvalue weighted by Gasteiger charge is 2.34. The predicted molar refractivity (Wildman–Crippen MR) is 118 cm³/mol. The molecule has 32 heavy (non-hydrogen) atoms. The quantitative estimate of drug-likeness (QED) is 0.510. The molecule has 4 rings (SSSR count). The molecule has 9 nitrogen and oxygen atoms in total. The van der Waals surface area contributed by atoms with Gasteiger partial charge >= 0.3 is 0 Å². The number of aromatic nitrogens is 4. The Balaban J connectivity index is 1.33. The molecule has 0 spiro atoms. The van der Waals surface area contributed by atoms with Crippen LogP contribution < -0.4 is 4.72 Å². The van der Waals surface area contributed by atoms with Crippen molar-refractivity contribution in [3.05, 3.63) is 59.9 Å². The van der Waals surface area contributed by atoms with Crippen molar-refractivity contribution in [2.75, 3.05) is 6.61 Å². The van der Waals surface area contributed by atoms with Crippen LogP contribution >= 0.6 is 11.6 Å². The summed E-state index contributed by atoms with van der Waals surface area (Å²) in [5.74, 6) is 0. The molecule has 2 N–H and O–H groups in total. The molecule has 3 aromatic rings. The molecule has 1 aliphatic rings. The fourth-order valence-electron chi connectivity index (χ4n) is 3.70. The maximum absolute atomic E-state index is 12.7. The van der Waals surface area contributed by atoms with Crippen LogP contribution in [0.4, 0.5) is 0 Å². The van der Waals surface area contributed by atoms with Gasteiger partial charge in [0.25, 0.3) is 0 Å². The standard InChI is InChI=1S/C21H24ClN5O4S/c22-15-4-3-5-17(12-15)32(29,30)25-19-8-7-16(31-21(19)14-28)9-11-27-13-20(24-26-27)18-6-1-2-10-23-18/h1-6,10,12-13,16,19,21,25,28H,7-9,11,14H2/t16-,19-,21+/m1/s1. The van der Waals surface area contributed by atoms with Gasteiger partial charge in [0.05, 0.1) is 41.6 Å². The zero-order valence-corrected chi connectivity index (χ0v) is 18.8. The summed E-state index contributed by atoms with van der Waals surface area (Å²) in [6.07, 6.45) is 4.64. The third kappa shape index (κ3) is 5.51. The summed E-state index contributed by atoms with van der Waals surface area (Å²) < 4.78 is 35.8. The van der Waals surface area contributed by atoms with Crippen LogP contribution in [0.15, 0.2) is 59.8 Å². The zero-order valence-electron chi connectivity index (χ0n) is 17.2. The van der Waals surface area contributed by atoms with Crippen LogP contribution in [0.1, 0.15) is 19.3 Å². The Morgan fingerprint density at radius 1 is 1.19 bits per heavy atom. The van der Waals surface area contributed by atoms with E-state index in [1.54, 1.807) is 23.0 Å². The monoisotopic (exact) mass is 477 g/mol. The molecule has 11 heteroatoms. The number of sulfonamides is 1. The van der Waals surface area contributed by atoms with E-state index in [1.165, 1.54) is 12.1 Å². The van der Waals surface area contributed by atoms with Gasteiger partial charge in [-0.1, -0.05) is 28.9 Å². The summed E-state index contributed by atoms with van der Waals surface area (Å²) >= 11 is 5.92. The topological polar surface area (TPSA) is 119 Å². The smallest absolute Gasteiger partial charge is 0.240 e. The summed E-state index contributed by atoms with van der Waals surface area (Å²) in [5.41, 5.74) is 1.45. The summed E-state index contributed by atoms with van der Waals surface area (Å²) in [6, 6.07) is 11.1. The fourth-order valence-corrected chi connectivity index (χ4v) is 5.30. The third-order valence-corrected chi connectivity index (χ3v) is 7.08. The first-order valence-corrected chi connectivity index (χ1v) is 12.2. The number of rotatable bonds is 8. The Morgan fingerprint density at radius 2 is 2.06 bits per heavy atom. The van der Waals surface area contributed by atoms with Gasteiger partial charge in [0.1, 0.15) is 5.69 Å². The number of halogens is 1. The number of hydrogen-bond acceptors (Lipinski definition) is 7. The van der Waals surface area contributed by atoms with Crippen molar-refractivity contribution < 1.29 is 18.3 Å². The maximum Gasteiger partial charge on any atom is 0.240 e. The average Bonchev–Trinajstić information content (AvgIpc) is 3.28. The van der Waals surface area contributed by atoms with Crippen LogP contribution in [-0.4, -0.2) is 58.4 Å². The minimum absolute atomic E-state index is 0.0821. The third-order valence-electron chi connectivity index (χ3n) is 5.35. The van der Waals surface area contributed by atoms with Gasteiger partial charge in [-0.2, -0.15) is 0 Å². The highest BCUT2D eigenvalue weighted by Crippen LogP contribution is 2.25. The Kier molecular flexibility index (Phi) is 7.17. The molecule has 1 fully saturated rings. The lowest BCUT2D eigenvalue weighted by Gasteiger charge is -2.36. The largest absolute Gasteiger partial charge is 0.394 e. The van der Waals surface area contributed by atoms with E-state index in [1.807, 2.05) is 24.4 Å².